The van der Waals surface area contributed by atoms with Gasteiger partial charge in [0.05, 0.1) is 13.2 Å². The lowest BCUT2D eigenvalue weighted by atomic mass is 10.1. The average molecular weight is 417 g/mol. The van der Waals surface area contributed by atoms with Crippen molar-refractivity contribution in [3.05, 3.63) is 23.3 Å². The maximum atomic E-state index is 11.8. The molecule has 0 unspecified atom stereocenters. The Bertz CT molecular complexity index is 796. The number of hydrogen-bond donors (Lipinski definition) is 1. The first-order chi connectivity index (χ1) is 13.4. The van der Waals surface area contributed by atoms with E-state index in [0.29, 0.717) is 12.4 Å². The van der Waals surface area contributed by atoms with E-state index in [2.05, 4.69) is 39.0 Å². The number of aliphatic imine (C=N–C) groups is 1. The molecule has 3 rings (SSSR count). The van der Waals surface area contributed by atoms with E-state index in [1.165, 1.54) is 19.1 Å². The zero-order chi connectivity index (χ0) is 22.2. The summed E-state index contributed by atoms with van der Waals surface area (Å²) in [6.07, 6.45) is -3.01. The summed E-state index contributed by atoms with van der Waals surface area (Å²) in [6, 6.07) is 0. The van der Waals surface area contributed by atoms with Gasteiger partial charge in [0.2, 0.25) is 0 Å². The van der Waals surface area contributed by atoms with Crippen LogP contribution >= 0.6 is 0 Å². The van der Waals surface area contributed by atoms with Crippen molar-refractivity contribution < 1.29 is 18.3 Å². The Hall–Kier alpha value is -2.30. The van der Waals surface area contributed by atoms with E-state index in [1.807, 2.05) is 13.8 Å². The second-order valence-corrected chi connectivity index (χ2v) is 7.02. The minimum atomic E-state index is -4.23. The number of aliphatic hydroxyl groups is 1. The number of nitrogens with zero attached hydrogens (tertiary/aromatic N) is 7. The van der Waals surface area contributed by atoms with Gasteiger partial charge in [-0.2, -0.15) is 23.4 Å². The normalized spacial score (nSPS) is 15.9. The highest BCUT2D eigenvalue weighted by Crippen LogP contribution is 2.17. The first-order valence-electron chi connectivity index (χ1n) is 9.35. The standard InChI is InChI=1S/C6H8F3N3.C6H11N3O.C6H11N/c1-4-10-5(2)12(11-4)3-6(7,8)9;1-5-7-6(2)9(8-5)3-4-10;1-5-3-6(2)7-4-5/h3H2,1-2H3;10H,3-4H2,1-2H3;5H,3-4H2,1-2H3/t;;5-/m..1/s1. The number of aryl methyl sites for hydroxylation is 4. The van der Waals surface area contributed by atoms with E-state index in [0.717, 1.165) is 28.8 Å². The summed E-state index contributed by atoms with van der Waals surface area (Å²) in [4.78, 5) is 12.1. The molecule has 2 aromatic heterocycles. The fourth-order valence-electron chi connectivity index (χ4n) is 2.69. The third kappa shape index (κ3) is 9.64. The van der Waals surface area contributed by atoms with Gasteiger partial charge in [-0.15, -0.1) is 0 Å². The van der Waals surface area contributed by atoms with E-state index in [4.69, 9.17) is 5.11 Å². The summed E-state index contributed by atoms with van der Waals surface area (Å²) in [5.74, 6) is 3.07. The molecule has 1 aliphatic heterocycles. The van der Waals surface area contributed by atoms with Crippen LogP contribution in [0.25, 0.3) is 0 Å². The topological polar surface area (TPSA) is 94.0 Å². The highest BCUT2D eigenvalue weighted by molar-refractivity contribution is 5.83. The summed E-state index contributed by atoms with van der Waals surface area (Å²) in [5.41, 5.74) is 1.33. The van der Waals surface area contributed by atoms with Crippen LogP contribution in [0.1, 0.15) is 43.6 Å². The summed E-state index contributed by atoms with van der Waals surface area (Å²) >= 11 is 0. The minimum absolute atomic E-state index is 0.115. The molecule has 29 heavy (non-hydrogen) atoms. The molecule has 3 heterocycles. The van der Waals surface area contributed by atoms with E-state index in [9.17, 15) is 13.2 Å². The summed E-state index contributed by atoms with van der Waals surface area (Å²) < 4.78 is 38.1. The van der Waals surface area contributed by atoms with Crippen molar-refractivity contribution in [2.24, 2.45) is 10.9 Å². The number of halogens is 3. The van der Waals surface area contributed by atoms with Crippen LogP contribution in [-0.4, -0.2) is 59.7 Å². The first kappa shape index (κ1) is 24.7. The van der Waals surface area contributed by atoms with Gasteiger partial charge in [-0.3, -0.25) is 4.99 Å². The van der Waals surface area contributed by atoms with Gasteiger partial charge in [0.25, 0.3) is 0 Å². The molecule has 1 aliphatic rings. The molecule has 8 nitrogen and oxygen atoms in total. The number of aromatic nitrogens is 6. The molecule has 0 spiro atoms. The van der Waals surface area contributed by atoms with Crippen LogP contribution in [0.5, 0.6) is 0 Å². The molecule has 0 bridgehead atoms. The van der Waals surface area contributed by atoms with Crippen LogP contribution in [-0.2, 0) is 13.1 Å². The molecule has 0 aliphatic carbocycles. The molecule has 1 N–H and O–H groups in total. The van der Waals surface area contributed by atoms with Crippen LogP contribution in [0.15, 0.2) is 4.99 Å². The number of aliphatic hydroxyl groups excluding tert-OH is 1. The largest absolute Gasteiger partial charge is 0.408 e. The Morgan fingerprint density at radius 3 is 1.76 bits per heavy atom. The monoisotopic (exact) mass is 417 g/mol. The Balaban J connectivity index is 0.000000225. The molecule has 2 aromatic rings. The van der Waals surface area contributed by atoms with Crippen LogP contribution in [0.3, 0.4) is 0 Å². The summed E-state index contributed by atoms with van der Waals surface area (Å²) in [7, 11) is 0. The fraction of sp³-hybridized carbons (Fsp3) is 0.722. The molecule has 1 atom stereocenters. The fourth-order valence-corrected chi connectivity index (χ4v) is 2.69. The van der Waals surface area contributed by atoms with E-state index < -0.39 is 12.7 Å². The van der Waals surface area contributed by atoms with Gasteiger partial charge in [-0.05, 0) is 47.0 Å². The molecular formula is C18H30F3N7O. The Kier molecular flexibility index (Phi) is 9.41. The second kappa shape index (κ2) is 11.0. The molecular weight excluding hydrogens is 387 g/mol. The quantitative estimate of drug-likeness (QED) is 0.829. The SMILES string of the molecule is CC1=NC[C@H](C)C1.Cc1nc(C)n(CC(F)(F)F)n1.Cc1nc(C)n(CCO)n1. The van der Waals surface area contributed by atoms with Gasteiger partial charge < -0.3 is 5.11 Å². The smallest absolute Gasteiger partial charge is 0.394 e. The van der Waals surface area contributed by atoms with Crippen LogP contribution in [0, 0.1) is 33.6 Å². The van der Waals surface area contributed by atoms with Gasteiger partial charge in [-0.25, -0.2) is 19.3 Å². The van der Waals surface area contributed by atoms with Crippen LogP contribution in [0.4, 0.5) is 13.2 Å². The van der Waals surface area contributed by atoms with Gasteiger partial charge in [0.1, 0.15) is 29.8 Å². The predicted molar refractivity (Wildman–Crippen MR) is 104 cm³/mol. The van der Waals surface area contributed by atoms with Gasteiger partial charge in [-0.1, -0.05) is 6.92 Å². The highest BCUT2D eigenvalue weighted by atomic mass is 19.4. The maximum absolute atomic E-state index is 11.8. The van der Waals surface area contributed by atoms with Gasteiger partial charge in [0.15, 0.2) is 0 Å². The zero-order valence-corrected chi connectivity index (χ0v) is 17.8. The van der Waals surface area contributed by atoms with E-state index in [-0.39, 0.29) is 12.4 Å². The molecule has 0 radical (unpaired) electrons. The molecule has 0 saturated carbocycles. The Labute approximate surface area is 168 Å². The number of alkyl halides is 3. The second-order valence-electron chi connectivity index (χ2n) is 7.02. The number of rotatable bonds is 3. The molecule has 0 aromatic carbocycles. The summed E-state index contributed by atoms with van der Waals surface area (Å²) in [6.45, 7) is 11.7. The lowest BCUT2D eigenvalue weighted by Crippen LogP contribution is -2.19. The predicted octanol–water partition coefficient (Wildman–Crippen LogP) is 2.83. The van der Waals surface area contributed by atoms with Crippen molar-refractivity contribution in [1.82, 2.24) is 29.5 Å². The van der Waals surface area contributed by atoms with Gasteiger partial charge >= 0.3 is 6.18 Å². The average Bonchev–Trinajstić information content (AvgIpc) is 3.20. The summed E-state index contributed by atoms with van der Waals surface area (Å²) in [5, 5.41) is 16.2. The lowest BCUT2D eigenvalue weighted by Gasteiger charge is -2.06. The highest BCUT2D eigenvalue weighted by Gasteiger charge is 2.29. The van der Waals surface area contributed by atoms with E-state index in [1.54, 1.807) is 11.6 Å². The number of hydrogen-bond acceptors (Lipinski definition) is 6. The molecule has 0 saturated heterocycles. The van der Waals surface area contributed by atoms with Crippen molar-refractivity contribution >= 4 is 5.71 Å². The van der Waals surface area contributed by atoms with Crippen molar-refractivity contribution in [3.63, 3.8) is 0 Å². The Morgan fingerprint density at radius 1 is 0.966 bits per heavy atom. The molecule has 11 heteroatoms. The Morgan fingerprint density at radius 2 is 1.48 bits per heavy atom. The van der Waals surface area contributed by atoms with Crippen molar-refractivity contribution in [1.29, 1.82) is 0 Å². The molecule has 0 amide bonds. The van der Waals surface area contributed by atoms with E-state index >= 15 is 0 Å². The zero-order valence-electron chi connectivity index (χ0n) is 17.8. The van der Waals surface area contributed by atoms with Crippen LogP contribution < -0.4 is 0 Å². The third-order valence-electron chi connectivity index (χ3n) is 3.88. The van der Waals surface area contributed by atoms with Crippen molar-refractivity contribution in [3.8, 4) is 0 Å². The minimum Gasteiger partial charge on any atom is -0.394 e. The van der Waals surface area contributed by atoms with Crippen molar-refractivity contribution in [2.75, 3.05) is 13.2 Å². The lowest BCUT2D eigenvalue weighted by molar-refractivity contribution is -0.143. The third-order valence-corrected chi connectivity index (χ3v) is 3.88. The molecule has 0 fully saturated rings. The molecule has 164 valence electrons. The van der Waals surface area contributed by atoms with Gasteiger partial charge in [0, 0.05) is 12.3 Å². The van der Waals surface area contributed by atoms with Crippen molar-refractivity contribution in [2.45, 2.75) is 67.2 Å². The maximum Gasteiger partial charge on any atom is 0.408 e. The van der Waals surface area contributed by atoms with Crippen LogP contribution in [0.2, 0.25) is 0 Å². The first-order valence-corrected chi connectivity index (χ1v) is 9.35.